The van der Waals surface area contributed by atoms with Gasteiger partial charge in [0.1, 0.15) is 29.2 Å². The quantitative estimate of drug-likeness (QED) is 0.540. The van der Waals surface area contributed by atoms with E-state index in [1.165, 1.54) is 0 Å². The number of aliphatic hydroxyl groups is 1. The molecule has 3 aromatic rings. The minimum atomic E-state index is -0.609. The molecule has 1 atom stereocenters. The minimum absolute atomic E-state index is 0.133. The van der Waals surface area contributed by atoms with Gasteiger partial charge in [-0.15, -0.1) is 0 Å². The van der Waals surface area contributed by atoms with Crippen LogP contribution in [0.25, 0.3) is 21.9 Å². The Morgan fingerprint density at radius 2 is 1.62 bits per heavy atom. The van der Waals surface area contributed by atoms with Crippen LogP contribution in [0.1, 0.15) is 13.8 Å². The molecule has 0 aliphatic carbocycles. The summed E-state index contributed by atoms with van der Waals surface area (Å²) in [6, 6.07) is 15.7. The summed E-state index contributed by atoms with van der Waals surface area (Å²) >= 11 is 0. The molecule has 24 heavy (non-hydrogen) atoms. The lowest BCUT2D eigenvalue weighted by molar-refractivity contribution is 0.0349. The van der Waals surface area contributed by atoms with Crippen LogP contribution < -0.4 is 10.7 Å². The highest BCUT2D eigenvalue weighted by molar-refractivity contribution is 5.89. The van der Waals surface area contributed by atoms with E-state index in [1.54, 1.807) is 0 Å². The number of benzene rings is 2. The Hall–Kier alpha value is -2.37. The number of hydrogen-bond donors (Lipinski definition) is 2. The van der Waals surface area contributed by atoms with E-state index in [0.717, 1.165) is 27.3 Å². The van der Waals surface area contributed by atoms with Gasteiger partial charge in [0.25, 0.3) is 0 Å². The molecular weight excluding hydrogens is 304 g/mol. The number of rotatable bonds is 6. The van der Waals surface area contributed by atoms with Crippen molar-refractivity contribution in [2.24, 2.45) is 5.16 Å². The van der Waals surface area contributed by atoms with Crippen molar-refractivity contribution < 1.29 is 14.4 Å². The standard InChI is InChI=1S/C19H22N2O3/c1-13(2)20-11-14(22)12-23-21-19-15-7-3-5-9-17(15)24-18-10-6-4-8-16(18)19/h3-10,13-14,20,22H,11-12H2,1-2H3. The molecule has 0 saturated heterocycles. The van der Waals surface area contributed by atoms with E-state index in [2.05, 4.69) is 10.5 Å². The van der Waals surface area contributed by atoms with Gasteiger partial charge in [-0.1, -0.05) is 43.3 Å². The van der Waals surface area contributed by atoms with Crippen LogP contribution in [0.3, 0.4) is 0 Å². The van der Waals surface area contributed by atoms with Crippen LogP contribution in [0.15, 0.2) is 58.1 Å². The third-order valence-electron chi connectivity index (χ3n) is 3.69. The van der Waals surface area contributed by atoms with E-state index in [1.807, 2.05) is 62.4 Å². The molecule has 5 nitrogen and oxygen atoms in total. The van der Waals surface area contributed by atoms with Crippen molar-refractivity contribution in [1.82, 2.24) is 5.32 Å². The summed E-state index contributed by atoms with van der Waals surface area (Å²) in [4.78, 5) is 5.42. The smallest absolute Gasteiger partial charge is 0.144 e. The average Bonchev–Trinajstić information content (AvgIpc) is 2.59. The first-order valence-electron chi connectivity index (χ1n) is 8.13. The van der Waals surface area contributed by atoms with E-state index in [0.29, 0.717) is 12.6 Å². The van der Waals surface area contributed by atoms with Gasteiger partial charge in [-0.2, -0.15) is 0 Å². The predicted molar refractivity (Wildman–Crippen MR) is 94.4 cm³/mol. The number of aliphatic hydroxyl groups excluding tert-OH is 1. The molecular formula is C19H22N2O3. The SMILES string of the molecule is CC(C)NCC(O)CON=c1c2ccccc2oc2ccccc12. The Morgan fingerprint density at radius 1 is 1.04 bits per heavy atom. The van der Waals surface area contributed by atoms with Crippen LogP contribution in [0, 0.1) is 0 Å². The first kappa shape index (κ1) is 16.5. The molecule has 2 aromatic carbocycles. The fraction of sp³-hybridized carbons (Fsp3) is 0.316. The van der Waals surface area contributed by atoms with Crippen molar-refractivity contribution in [3.63, 3.8) is 0 Å². The predicted octanol–water partition coefficient (Wildman–Crippen LogP) is 2.78. The lowest BCUT2D eigenvalue weighted by Gasteiger charge is -2.12. The Labute approximate surface area is 140 Å². The monoisotopic (exact) mass is 326 g/mol. The van der Waals surface area contributed by atoms with Gasteiger partial charge in [0, 0.05) is 23.4 Å². The zero-order valence-electron chi connectivity index (χ0n) is 13.9. The summed E-state index contributed by atoms with van der Waals surface area (Å²) in [5.41, 5.74) is 1.50. The van der Waals surface area contributed by atoms with Crippen molar-refractivity contribution in [1.29, 1.82) is 0 Å². The molecule has 3 rings (SSSR count). The molecule has 0 aliphatic heterocycles. The van der Waals surface area contributed by atoms with E-state index >= 15 is 0 Å². The normalized spacial score (nSPS) is 12.7. The largest absolute Gasteiger partial charge is 0.456 e. The van der Waals surface area contributed by atoms with Crippen LogP contribution in [0.4, 0.5) is 0 Å². The molecule has 0 bridgehead atoms. The molecule has 2 N–H and O–H groups in total. The van der Waals surface area contributed by atoms with E-state index in [-0.39, 0.29) is 6.61 Å². The second kappa shape index (κ2) is 7.47. The molecule has 0 spiro atoms. The summed E-state index contributed by atoms with van der Waals surface area (Å²) in [6.07, 6.45) is -0.609. The van der Waals surface area contributed by atoms with Crippen LogP contribution in [0.5, 0.6) is 0 Å². The van der Waals surface area contributed by atoms with Gasteiger partial charge in [0.2, 0.25) is 0 Å². The maximum absolute atomic E-state index is 9.94. The topological polar surface area (TPSA) is 67.0 Å². The van der Waals surface area contributed by atoms with Gasteiger partial charge in [0.05, 0.1) is 0 Å². The number of nitrogens with zero attached hydrogens (tertiary/aromatic N) is 1. The van der Waals surface area contributed by atoms with Gasteiger partial charge < -0.3 is 19.7 Å². The Bertz CT molecular complexity index is 829. The number of fused-ring (bicyclic) bond motifs is 2. The number of nitrogens with one attached hydrogen (secondary N) is 1. The van der Waals surface area contributed by atoms with Gasteiger partial charge in [-0.05, 0) is 24.3 Å². The minimum Gasteiger partial charge on any atom is -0.456 e. The van der Waals surface area contributed by atoms with E-state index in [4.69, 9.17) is 9.25 Å². The van der Waals surface area contributed by atoms with Crippen molar-refractivity contribution >= 4 is 21.9 Å². The first-order valence-corrected chi connectivity index (χ1v) is 8.13. The highest BCUT2D eigenvalue weighted by Gasteiger charge is 2.07. The number of hydrogen-bond acceptors (Lipinski definition) is 5. The summed E-state index contributed by atoms with van der Waals surface area (Å²) in [7, 11) is 0. The average molecular weight is 326 g/mol. The molecule has 126 valence electrons. The lowest BCUT2D eigenvalue weighted by atomic mass is 10.1. The third kappa shape index (κ3) is 3.75. The van der Waals surface area contributed by atoms with Crippen molar-refractivity contribution in [2.45, 2.75) is 26.0 Å². The van der Waals surface area contributed by atoms with Gasteiger partial charge in [0.15, 0.2) is 0 Å². The fourth-order valence-corrected chi connectivity index (χ4v) is 2.48. The van der Waals surface area contributed by atoms with Crippen LogP contribution >= 0.6 is 0 Å². The highest BCUT2D eigenvalue weighted by atomic mass is 16.6. The fourth-order valence-electron chi connectivity index (χ4n) is 2.48. The summed E-state index contributed by atoms with van der Waals surface area (Å²) < 4.78 is 5.90. The number of para-hydroxylation sites is 2. The molecule has 1 aromatic heterocycles. The maximum atomic E-state index is 9.94. The second-order valence-corrected chi connectivity index (χ2v) is 6.05. The van der Waals surface area contributed by atoms with Crippen molar-refractivity contribution in [3.8, 4) is 0 Å². The van der Waals surface area contributed by atoms with Gasteiger partial charge in [-0.25, -0.2) is 0 Å². The molecule has 0 fully saturated rings. The zero-order chi connectivity index (χ0) is 16.9. The molecule has 1 unspecified atom stereocenters. The van der Waals surface area contributed by atoms with E-state index < -0.39 is 6.10 Å². The van der Waals surface area contributed by atoms with Gasteiger partial charge >= 0.3 is 0 Å². The van der Waals surface area contributed by atoms with Crippen molar-refractivity contribution in [2.75, 3.05) is 13.2 Å². The van der Waals surface area contributed by atoms with Crippen LogP contribution in [-0.2, 0) is 4.84 Å². The Balaban J connectivity index is 1.91. The molecule has 0 amide bonds. The summed E-state index contributed by atoms with van der Waals surface area (Å²) in [5.74, 6) is 0. The molecule has 1 heterocycles. The Kier molecular flexibility index (Phi) is 5.13. The van der Waals surface area contributed by atoms with Crippen molar-refractivity contribution in [3.05, 3.63) is 53.9 Å². The van der Waals surface area contributed by atoms with Gasteiger partial charge in [-0.3, -0.25) is 0 Å². The zero-order valence-corrected chi connectivity index (χ0v) is 13.9. The molecule has 0 aliphatic rings. The molecule has 0 saturated carbocycles. The summed E-state index contributed by atoms with van der Waals surface area (Å²) in [6.45, 7) is 4.67. The lowest BCUT2D eigenvalue weighted by Crippen LogP contribution is -2.34. The van der Waals surface area contributed by atoms with Crippen LogP contribution in [-0.4, -0.2) is 30.4 Å². The first-order chi connectivity index (χ1) is 11.6. The maximum Gasteiger partial charge on any atom is 0.144 e. The summed E-state index contributed by atoms with van der Waals surface area (Å²) in [5, 5.41) is 19.9. The molecule has 0 radical (unpaired) electrons. The third-order valence-corrected chi connectivity index (χ3v) is 3.69. The highest BCUT2D eigenvalue weighted by Crippen LogP contribution is 2.17. The molecule has 5 heteroatoms. The van der Waals surface area contributed by atoms with Crippen LogP contribution in [0.2, 0.25) is 0 Å². The van der Waals surface area contributed by atoms with E-state index in [9.17, 15) is 5.11 Å². The Morgan fingerprint density at radius 3 is 2.21 bits per heavy atom. The second-order valence-electron chi connectivity index (χ2n) is 6.05.